The van der Waals surface area contributed by atoms with Crippen LogP contribution in [-0.4, -0.2) is 16.5 Å². The minimum Gasteiger partial charge on any atom is -0.293 e. The molecule has 0 N–H and O–H groups in total. The topological polar surface area (TPSA) is 42.3 Å². The van der Waals surface area contributed by atoms with Crippen LogP contribution in [0.2, 0.25) is 0 Å². The maximum absolute atomic E-state index is 12.6. The van der Waals surface area contributed by atoms with E-state index >= 15 is 0 Å². The van der Waals surface area contributed by atoms with Crippen LogP contribution >= 0.6 is 0 Å². The lowest BCUT2D eigenvalue weighted by Crippen LogP contribution is -2.27. The van der Waals surface area contributed by atoms with Crippen LogP contribution < -0.4 is 0 Å². The normalized spacial score (nSPS) is 17.6. The Bertz CT molecular complexity index is 689. The molecule has 0 spiro atoms. The van der Waals surface area contributed by atoms with E-state index in [0.717, 1.165) is 34.5 Å². The van der Waals surface area contributed by atoms with E-state index in [1.807, 2.05) is 44.2 Å². The Morgan fingerprint density at radius 1 is 1.25 bits per heavy atom. The summed E-state index contributed by atoms with van der Waals surface area (Å²) in [5, 5.41) is 0. The number of hydrogen-bond donors (Lipinski definition) is 0. The first-order valence-electron chi connectivity index (χ1n) is 6.84. The molecule has 0 radical (unpaired) electrons. The van der Waals surface area contributed by atoms with Gasteiger partial charge in [0.1, 0.15) is 0 Å². The predicted octanol–water partition coefficient (Wildman–Crippen LogP) is 3.73. The zero-order chi connectivity index (χ0) is 14.1. The van der Waals surface area contributed by atoms with Crippen LogP contribution in [0.25, 0.3) is 0 Å². The van der Waals surface area contributed by atoms with E-state index in [-0.39, 0.29) is 11.7 Å². The highest BCUT2D eigenvalue weighted by Crippen LogP contribution is 2.32. The Kier molecular flexibility index (Phi) is 3.18. The summed E-state index contributed by atoms with van der Waals surface area (Å²) >= 11 is 0. The van der Waals surface area contributed by atoms with E-state index in [0.29, 0.717) is 0 Å². The number of Topliss-reactive ketones (excluding diaryl/α,β-unsaturated/α-hetero) is 1. The maximum atomic E-state index is 12.6. The number of carbonyl (C=O) groups excluding carboxylic acids is 1. The average molecular weight is 264 g/mol. The molecule has 1 aromatic carbocycles. The van der Waals surface area contributed by atoms with Gasteiger partial charge in [0.2, 0.25) is 0 Å². The quantitative estimate of drug-likeness (QED) is 0.829. The Labute approximate surface area is 118 Å². The van der Waals surface area contributed by atoms with Crippen molar-refractivity contribution in [1.29, 1.82) is 0 Å². The number of aromatic nitrogens is 1. The zero-order valence-electron chi connectivity index (χ0n) is 11.6. The third-order valence-corrected chi connectivity index (χ3v) is 3.67. The molecule has 0 bridgehead atoms. The van der Waals surface area contributed by atoms with Crippen molar-refractivity contribution in [3.8, 4) is 0 Å². The van der Waals surface area contributed by atoms with Crippen LogP contribution in [0.4, 0.5) is 5.69 Å². The van der Waals surface area contributed by atoms with Crippen LogP contribution in [0.3, 0.4) is 0 Å². The Morgan fingerprint density at radius 2 is 2.10 bits per heavy atom. The number of hydrogen-bond acceptors (Lipinski definition) is 3. The highest BCUT2D eigenvalue weighted by molar-refractivity contribution is 6.23. The summed E-state index contributed by atoms with van der Waals surface area (Å²) in [6.45, 7) is 4.03. The number of benzene rings is 1. The van der Waals surface area contributed by atoms with Gasteiger partial charge in [0.25, 0.3) is 0 Å². The molecule has 3 nitrogen and oxygen atoms in total. The van der Waals surface area contributed by atoms with E-state index in [1.165, 1.54) is 0 Å². The van der Waals surface area contributed by atoms with Crippen LogP contribution in [-0.2, 0) is 0 Å². The largest absolute Gasteiger partial charge is 0.293 e. The van der Waals surface area contributed by atoms with E-state index < -0.39 is 0 Å². The highest BCUT2D eigenvalue weighted by atomic mass is 16.1. The van der Waals surface area contributed by atoms with Gasteiger partial charge in [0, 0.05) is 23.5 Å². The summed E-state index contributed by atoms with van der Waals surface area (Å²) in [5.74, 6) is -0.00856. The van der Waals surface area contributed by atoms with Crippen molar-refractivity contribution < 1.29 is 4.79 Å². The molecule has 1 aliphatic rings. The monoisotopic (exact) mass is 264 g/mol. The van der Waals surface area contributed by atoms with E-state index in [9.17, 15) is 4.79 Å². The molecule has 1 atom stereocenters. The van der Waals surface area contributed by atoms with Crippen LogP contribution in [0.1, 0.15) is 34.8 Å². The molecule has 2 aromatic rings. The van der Waals surface area contributed by atoms with Gasteiger partial charge < -0.3 is 0 Å². The summed E-state index contributed by atoms with van der Waals surface area (Å²) in [5.41, 5.74) is 4.39. The summed E-state index contributed by atoms with van der Waals surface area (Å²) in [7, 11) is 0. The second-order valence-corrected chi connectivity index (χ2v) is 5.08. The molecule has 3 heteroatoms. The van der Waals surface area contributed by atoms with Gasteiger partial charge in [-0.1, -0.05) is 19.1 Å². The average Bonchev–Trinajstić information content (AvgIpc) is 2.47. The Balaban J connectivity index is 2.19. The summed E-state index contributed by atoms with van der Waals surface area (Å²) in [6, 6.07) is 9.66. The summed E-state index contributed by atoms with van der Waals surface area (Å²) < 4.78 is 0. The maximum Gasteiger partial charge on any atom is 0.174 e. The molecule has 1 aliphatic heterocycles. The first kappa shape index (κ1) is 12.7. The van der Waals surface area contributed by atoms with Crippen molar-refractivity contribution in [3.63, 3.8) is 0 Å². The molecule has 0 saturated heterocycles. The number of ketones is 1. The molecule has 0 amide bonds. The van der Waals surface area contributed by atoms with Gasteiger partial charge in [-0.2, -0.15) is 0 Å². The first-order chi connectivity index (χ1) is 9.70. The SMILES string of the molecule is CCC1C(=O)c2ccc(C)cc2N=C1c1cccnc1. The van der Waals surface area contributed by atoms with Gasteiger partial charge in [0.15, 0.2) is 5.78 Å². The molecular formula is C17H16N2O. The number of pyridine rings is 1. The van der Waals surface area contributed by atoms with E-state index in [1.54, 1.807) is 12.4 Å². The molecule has 0 fully saturated rings. The van der Waals surface area contributed by atoms with Gasteiger partial charge in [-0.05, 0) is 37.1 Å². The zero-order valence-corrected chi connectivity index (χ0v) is 11.6. The molecule has 3 rings (SSSR count). The number of carbonyl (C=O) groups is 1. The van der Waals surface area contributed by atoms with Crippen molar-refractivity contribution in [2.45, 2.75) is 20.3 Å². The third kappa shape index (κ3) is 2.05. The van der Waals surface area contributed by atoms with E-state index in [4.69, 9.17) is 4.99 Å². The van der Waals surface area contributed by atoms with Gasteiger partial charge in [-0.25, -0.2) is 0 Å². The fourth-order valence-corrected chi connectivity index (χ4v) is 2.62. The minimum absolute atomic E-state index is 0.163. The molecule has 1 aromatic heterocycles. The predicted molar refractivity (Wildman–Crippen MR) is 79.7 cm³/mol. The third-order valence-electron chi connectivity index (χ3n) is 3.67. The summed E-state index contributed by atoms with van der Waals surface area (Å²) in [6.07, 6.45) is 4.25. The number of rotatable bonds is 2. The van der Waals surface area contributed by atoms with Crippen molar-refractivity contribution in [2.24, 2.45) is 10.9 Å². The van der Waals surface area contributed by atoms with Gasteiger partial charge in [0.05, 0.1) is 17.3 Å². The van der Waals surface area contributed by atoms with Crippen molar-refractivity contribution in [3.05, 3.63) is 59.4 Å². The fraction of sp³-hybridized carbons (Fsp3) is 0.235. The van der Waals surface area contributed by atoms with Crippen LogP contribution in [0, 0.1) is 12.8 Å². The number of nitrogens with zero attached hydrogens (tertiary/aromatic N) is 2. The second kappa shape index (κ2) is 5.00. The second-order valence-electron chi connectivity index (χ2n) is 5.08. The lowest BCUT2D eigenvalue weighted by atomic mass is 9.84. The van der Waals surface area contributed by atoms with E-state index in [2.05, 4.69) is 4.98 Å². The molecule has 0 saturated carbocycles. The smallest absolute Gasteiger partial charge is 0.174 e. The molecule has 1 unspecified atom stereocenters. The molecule has 2 heterocycles. The van der Waals surface area contributed by atoms with Crippen LogP contribution in [0.5, 0.6) is 0 Å². The van der Waals surface area contributed by atoms with Crippen molar-refractivity contribution >= 4 is 17.2 Å². The molecule has 100 valence electrons. The number of aryl methyl sites for hydroxylation is 1. The lowest BCUT2D eigenvalue weighted by Gasteiger charge is -2.23. The Morgan fingerprint density at radius 3 is 2.80 bits per heavy atom. The summed E-state index contributed by atoms with van der Waals surface area (Å²) in [4.78, 5) is 21.5. The highest BCUT2D eigenvalue weighted by Gasteiger charge is 2.30. The van der Waals surface area contributed by atoms with Crippen molar-refractivity contribution in [2.75, 3.05) is 0 Å². The van der Waals surface area contributed by atoms with Crippen molar-refractivity contribution in [1.82, 2.24) is 4.98 Å². The van der Waals surface area contributed by atoms with Crippen LogP contribution in [0.15, 0.2) is 47.7 Å². The van der Waals surface area contributed by atoms with Gasteiger partial charge >= 0.3 is 0 Å². The molecule has 20 heavy (non-hydrogen) atoms. The Hall–Kier alpha value is -2.29. The minimum atomic E-state index is -0.172. The lowest BCUT2D eigenvalue weighted by molar-refractivity contribution is 0.0951. The molecular weight excluding hydrogens is 248 g/mol. The molecule has 0 aliphatic carbocycles. The van der Waals surface area contributed by atoms with Gasteiger partial charge in [-0.3, -0.25) is 14.8 Å². The number of fused-ring (bicyclic) bond motifs is 1. The van der Waals surface area contributed by atoms with Gasteiger partial charge in [-0.15, -0.1) is 0 Å². The fourth-order valence-electron chi connectivity index (χ4n) is 2.62. The number of aliphatic imine (C=N–C) groups is 1. The standard InChI is InChI=1S/C17H16N2O/c1-3-13-16(12-5-4-8-18-10-12)19-15-9-11(2)6-7-14(15)17(13)20/h4-10,13H,3H2,1-2H3. The first-order valence-corrected chi connectivity index (χ1v) is 6.84.